The molecular weight excluding hydrogens is 479 g/mol. The summed E-state index contributed by atoms with van der Waals surface area (Å²) in [7, 11) is 0. The number of hydrogen-bond donors (Lipinski definition) is 1. The number of carbonyl (C=O) groups is 2. The first-order valence-corrected chi connectivity index (χ1v) is 12.3. The molecule has 3 aromatic carbocycles. The molecule has 1 saturated heterocycles. The van der Waals surface area contributed by atoms with Gasteiger partial charge < -0.3 is 9.84 Å². The van der Waals surface area contributed by atoms with Gasteiger partial charge in [0.25, 0.3) is 5.78 Å². The Hall–Kier alpha value is -4.04. The highest BCUT2D eigenvalue weighted by Crippen LogP contribution is 2.44. The Bertz CT molecular complexity index is 1520. The van der Waals surface area contributed by atoms with Gasteiger partial charge in [0.2, 0.25) is 0 Å². The standard InChI is InChI=1S/C28H23FN2O4S/c1-4-35-20-11-7-18(8-12-20)25(32)22-24(17-5-9-19(29)10-6-17)31(27(34)26(22)33)28-30-23-16(3)13-15(2)14-21(23)36-28/h5-14,24,32H,4H2,1-3H3/b25-22+/t24-/m1/s1. The fraction of sp³-hybridized carbons (Fsp3) is 0.179. The zero-order valence-electron chi connectivity index (χ0n) is 19.9. The normalized spacial score (nSPS) is 17.2. The van der Waals surface area contributed by atoms with E-state index in [2.05, 4.69) is 4.98 Å². The average Bonchev–Trinajstić information content (AvgIpc) is 3.38. The molecule has 0 aliphatic carbocycles. The first kappa shape index (κ1) is 23.7. The molecule has 0 unspecified atom stereocenters. The molecule has 0 radical (unpaired) electrons. The molecule has 1 aliphatic rings. The summed E-state index contributed by atoms with van der Waals surface area (Å²) in [6, 6.07) is 15.2. The summed E-state index contributed by atoms with van der Waals surface area (Å²) in [5, 5.41) is 11.6. The van der Waals surface area contributed by atoms with Crippen molar-refractivity contribution in [2.45, 2.75) is 26.8 Å². The Morgan fingerprint density at radius 3 is 2.44 bits per heavy atom. The number of thiazole rings is 1. The zero-order valence-corrected chi connectivity index (χ0v) is 20.7. The van der Waals surface area contributed by atoms with Gasteiger partial charge in [0, 0.05) is 5.56 Å². The summed E-state index contributed by atoms with van der Waals surface area (Å²) in [5.74, 6) is -1.78. The van der Waals surface area contributed by atoms with E-state index >= 15 is 0 Å². The summed E-state index contributed by atoms with van der Waals surface area (Å²) in [4.78, 5) is 32.7. The molecule has 4 aromatic rings. The monoisotopic (exact) mass is 502 g/mol. The molecule has 1 aliphatic heterocycles. The largest absolute Gasteiger partial charge is 0.507 e. The molecule has 0 saturated carbocycles. The minimum atomic E-state index is -0.973. The minimum Gasteiger partial charge on any atom is -0.507 e. The van der Waals surface area contributed by atoms with E-state index in [1.807, 2.05) is 32.9 Å². The summed E-state index contributed by atoms with van der Waals surface area (Å²) >= 11 is 1.29. The van der Waals surface area contributed by atoms with Crippen LogP contribution < -0.4 is 9.64 Å². The van der Waals surface area contributed by atoms with Crippen molar-refractivity contribution >= 4 is 44.1 Å². The van der Waals surface area contributed by atoms with Crippen molar-refractivity contribution in [3.8, 4) is 5.75 Å². The van der Waals surface area contributed by atoms with Crippen LogP contribution in [-0.2, 0) is 9.59 Å². The lowest BCUT2D eigenvalue weighted by atomic mass is 9.95. The number of anilines is 1. The van der Waals surface area contributed by atoms with Crippen LogP contribution in [0.3, 0.4) is 0 Å². The van der Waals surface area contributed by atoms with Gasteiger partial charge in [0.15, 0.2) is 5.13 Å². The number of ketones is 1. The van der Waals surface area contributed by atoms with Gasteiger partial charge in [-0.3, -0.25) is 14.5 Å². The van der Waals surface area contributed by atoms with Crippen molar-refractivity contribution in [3.05, 3.63) is 94.3 Å². The van der Waals surface area contributed by atoms with Crippen LogP contribution in [0.5, 0.6) is 5.75 Å². The third-order valence-corrected chi connectivity index (χ3v) is 7.10. The summed E-state index contributed by atoms with van der Waals surface area (Å²) in [6.45, 7) is 6.27. The van der Waals surface area contributed by atoms with Crippen LogP contribution in [0.25, 0.3) is 16.0 Å². The number of benzene rings is 3. The molecule has 8 heteroatoms. The fourth-order valence-electron chi connectivity index (χ4n) is 4.48. The van der Waals surface area contributed by atoms with Crippen LogP contribution in [0.2, 0.25) is 0 Å². The molecule has 1 amide bonds. The number of aromatic nitrogens is 1. The Balaban J connectivity index is 1.69. The van der Waals surface area contributed by atoms with Gasteiger partial charge in [0.1, 0.15) is 17.3 Å². The van der Waals surface area contributed by atoms with Gasteiger partial charge in [-0.25, -0.2) is 9.37 Å². The molecule has 2 heterocycles. The predicted molar refractivity (Wildman–Crippen MR) is 138 cm³/mol. The van der Waals surface area contributed by atoms with Gasteiger partial charge in [-0.15, -0.1) is 0 Å². The molecule has 36 heavy (non-hydrogen) atoms. The van der Waals surface area contributed by atoms with Gasteiger partial charge in [-0.2, -0.15) is 0 Å². The van der Waals surface area contributed by atoms with E-state index in [0.717, 1.165) is 21.3 Å². The number of Topliss-reactive ketones (excluding diaryl/α,β-unsaturated/α-hetero) is 1. The molecule has 182 valence electrons. The van der Waals surface area contributed by atoms with E-state index < -0.39 is 23.5 Å². The van der Waals surface area contributed by atoms with Crippen LogP contribution in [0.1, 0.15) is 35.2 Å². The molecular formula is C28H23FN2O4S. The number of fused-ring (bicyclic) bond motifs is 1. The van der Waals surface area contributed by atoms with Crippen LogP contribution in [0.4, 0.5) is 9.52 Å². The number of aliphatic hydroxyl groups excluding tert-OH is 1. The molecule has 6 nitrogen and oxygen atoms in total. The molecule has 1 aromatic heterocycles. The average molecular weight is 503 g/mol. The number of aryl methyl sites for hydroxylation is 2. The van der Waals surface area contributed by atoms with Crippen LogP contribution in [-0.4, -0.2) is 28.4 Å². The van der Waals surface area contributed by atoms with Crippen molar-refractivity contribution < 1.29 is 23.8 Å². The lowest BCUT2D eigenvalue weighted by Crippen LogP contribution is -2.29. The quantitative estimate of drug-likeness (QED) is 0.203. The minimum absolute atomic E-state index is 0.0806. The topological polar surface area (TPSA) is 79.7 Å². The van der Waals surface area contributed by atoms with Gasteiger partial charge >= 0.3 is 5.91 Å². The Kier molecular flexibility index (Phi) is 6.05. The van der Waals surface area contributed by atoms with E-state index in [-0.39, 0.29) is 11.3 Å². The first-order chi connectivity index (χ1) is 17.3. The third kappa shape index (κ3) is 4.03. The van der Waals surface area contributed by atoms with Crippen LogP contribution >= 0.6 is 11.3 Å². The SMILES string of the molecule is CCOc1ccc(/C(O)=C2\C(=O)C(=O)N(c3nc4c(C)cc(C)cc4s3)[C@@H]2c2ccc(F)cc2)cc1. The maximum absolute atomic E-state index is 13.8. The predicted octanol–water partition coefficient (Wildman–Crippen LogP) is 6.08. The highest BCUT2D eigenvalue weighted by Gasteiger charge is 2.48. The van der Waals surface area contributed by atoms with Gasteiger partial charge in [-0.05, 0) is 79.9 Å². The lowest BCUT2D eigenvalue weighted by molar-refractivity contribution is -0.132. The number of carbonyl (C=O) groups excluding carboxylic acids is 2. The molecule has 1 atom stereocenters. The number of nitrogens with zero attached hydrogens (tertiary/aromatic N) is 2. The maximum atomic E-state index is 13.8. The molecule has 1 fully saturated rings. The van der Waals surface area contributed by atoms with Crippen molar-refractivity contribution in [2.75, 3.05) is 11.5 Å². The van der Waals surface area contributed by atoms with Gasteiger partial charge in [-0.1, -0.05) is 29.5 Å². The van der Waals surface area contributed by atoms with Crippen molar-refractivity contribution in [2.24, 2.45) is 0 Å². The first-order valence-electron chi connectivity index (χ1n) is 11.5. The number of amides is 1. The molecule has 0 bridgehead atoms. The maximum Gasteiger partial charge on any atom is 0.301 e. The second-order valence-corrected chi connectivity index (χ2v) is 9.61. The molecule has 0 spiro atoms. The van der Waals surface area contributed by atoms with Gasteiger partial charge in [0.05, 0.1) is 28.4 Å². The summed E-state index contributed by atoms with van der Waals surface area (Å²) < 4.78 is 20.1. The second-order valence-electron chi connectivity index (χ2n) is 8.60. The van der Waals surface area contributed by atoms with E-state index in [4.69, 9.17) is 4.74 Å². The van der Waals surface area contributed by atoms with E-state index in [9.17, 15) is 19.1 Å². The van der Waals surface area contributed by atoms with Crippen molar-refractivity contribution in [1.29, 1.82) is 0 Å². The Labute approximate surface area is 211 Å². The van der Waals surface area contributed by atoms with E-state index in [0.29, 0.717) is 28.6 Å². The molecule has 5 rings (SSSR count). The number of rotatable bonds is 5. The highest BCUT2D eigenvalue weighted by molar-refractivity contribution is 7.22. The van der Waals surface area contributed by atoms with E-state index in [1.54, 1.807) is 24.3 Å². The summed E-state index contributed by atoms with van der Waals surface area (Å²) in [5.41, 5.74) is 3.52. The highest BCUT2D eigenvalue weighted by atomic mass is 32.1. The van der Waals surface area contributed by atoms with Crippen molar-refractivity contribution in [1.82, 2.24) is 4.98 Å². The van der Waals surface area contributed by atoms with Crippen LogP contribution in [0.15, 0.2) is 66.2 Å². The molecule has 1 N–H and O–H groups in total. The Morgan fingerprint density at radius 1 is 1.08 bits per heavy atom. The number of hydrogen-bond acceptors (Lipinski definition) is 6. The smallest absolute Gasteiger partial charge is 0.301 e. The zero-order chi connectivity index (χ0) is 25.6. The summed E-state index contributed by atoms with van der Waals surface area (Å²) in [6.07, 6.45) is 0. The lowest BCUT2D eigenvalue weighted by Gasteiger charge is -2.23. The Morgan fingerprint density at radius 2 is 1.78 bits per heavy atom. The fourth-order valence-corrected chi connectivity index (χ4v) is 5.65. The van der Waals surface area contributed by atoms with Crippen molar-refractivity contribution in [3.63, 3.8) is 0 Å². The number of aliphatic hydroxyl groups is 1. The number of halogens is 1. The van der Waals surface area contributed by atoms with Crippen LogP contribution in [0, 0.1) is 19.7 Å². The third-order valence-electron chi connectivity index (χ3n) is 6.09. The number of ether oxygens (including phenoxy) is 1. The van der Waals surface area contributed by atoms with E-state index in [1.165, 1.54) is 40.5 Å². The second kappa shape index (κ2) is 9.20.